The number of rotatable bonds is 4. The lowest BCUT2D eigenvalue weighted by atomic mass is 10.1. The van der Waals surface area contributed by atoms with Gasteiger partial charge in [-0.25, -0.2) is 0 Å². The van der Waals surface area contributed by atoms with E-state index in [1.165, 1.54) is 0 Å². The molecule has 0 spiro atoms. The molecule has 20 heavy (non-hydrogen) atoms. The molecule has 0 atom stereocenters. The predicted molar refractivity (Wildman–Crippen MR) is 78.9 cm³/mol. The van der Waals surface area contributed by atoms with Crippen molar-refractivity contribution in [1.29, 1.82) is 0 Å². The third kappa shape index (κ3) is 3.04. The van der Waals surface area contributed by atoms with Crippen LogP contribution in [0, 0.1) is 0 Å². The average Bonchev–Trinajstić information content (AvgIpc) is 2.78. The zero-order chi connectivity index (χ0) is 14.7. The van der Waals surface area contributed by atoms with Gasteiger partial charge in [-0.15, -0.1) is 0 Å². The van der Waals surface area contributed by atoms with Crippen LogP contribution in [-0.4, -0.2) is 20.7 Å². The predicted octanol–water partition coefficient (Wildman–Crippen LogP) is 2.75. The highest BCUT2D eigenvalue weighted by Crippen LogP contribution is 2.16. The van der Waals surface area contributed by atoms with Crippen molar-refractivity contribution < 1.29 is 4.79 Å². The molecule has 0 aliphatic rings. The Morgan fingerprint density at radius 1 is 1.40 bits per heavy atom. The van der Waals surface area contributed by atoms with E-state index in [2.05, 4.69) is 29.2 Å². The van der Waals surface area contributed by atoms with E-state index in [1.807, 2.05) is 26.2 Å². The van der Waals surface area contributed by atoms with E-state index in [-0.39, 0.29) is 5.91 Å². The largest absolute Gasteiger partial charge is 0.319 e. The monoisotopic (exact) mass is 272 g/mol. The molecule has 2 rings (SSSR count). The zero-order valence-electron chi connectivity index (χ0n) is 12.3. The van der Waals surface area contributed by atoms with Crippen molar-refractivity contribution in [3.8, 4) is 0 Å². The first-order chi connectivity index (χ1) is 9.51. The average molecular weight is 272 g/mol. The first-order valence-electron chi connectivity index (χ1n) is 6.81. The standard InChI is InChI=1S/C15H20N4O/c1-5-12-14(9-19(4)18-12)17-15(20)11-6-7-13(10(2)3)16-8-11/h6-10H,5H2,1-4H3,(H,17,20). The number of hydrogen-bond donors (Lipinski definition) is 1. The van der Waals surface area contributed by atoms with Crippen LogP contribution in [0.4, 0.5) is 5.69 Å². The Hall–Kier alpha value is -2.17. The Labute approximate surface area is 119 Å². The van der Waals surface area contributed by atoms with Crippen LogP contribution in [0.25, 0.3) is 0 Å². The maximum Gasteiger partial charge on any atom is 0.257 e. The SMILES string of the molecule is CCc1nn(C)cc1NC(=O)c1ccc(C(C)C)nc1. The molecular formula is C15H20N4O. The number of aryl methyl sites for hydroxylation is 2. The minimum Gasteiger partial charge on any atom is -0.319 e. The van der Waals surface area contributed by atoms with E-state index in [9.17, 15) is 4.79 Å². The van der Waals surface area contributed by atoms with Gasteiger partial charge < -0.3 is 5.32 Å². The van der Waals surface area contributed by atoms with Crippen molar-refractivity contribution in [2.75, 3.05) is 5.32 Å². The van der Waals surface area contributed by atoms with Crippen LogP contribution in [0.3, 0.4) is 0 Å². The number of carbonyl (C=O) groups is 1. The molecule has 1 amide bonds. The summed E-state index contributed by atoms with van der Waals surface area (Å²) in [5, 5.41) is 7.18. The first kappa shape index (κ1) is 14.2. The molecular weight excluding hydrogens is 252 g/mol. The molecule has 0 bridgehead atoms. The summed E-state index contributed by atoms with van der Waals surface area (Å²) in [4.78, 5) is 16.5. The highest BCUT2D eigenvalue weighted by molar-refractivity contribution is 6.04. The molecule has 5 nitrogen and oxygen atoms in total. The highest BCUT2D eigenvalue weighted by atomic mass is 16.1. The number of aromatic nitrogens is 3. The van der Waals surface area contributed by atoms with E-state index in [0.29, 0.717) is 11.5 Å². The van der Waals surface area contributed by atoms with E-state index >= 15 is 0 Å². The van der Waals surface area contributed by atoms with Crippen LogP contribution in [0.5, 0.6) is 0 Å². The second-order valence-corrected chi connectivity index (χ2v) is 5.10. The quantitative estimate of drug-likeness (QED) is 0.931. The fraction of sp³-hybridized carbons (Fsp3) is 0.400. The van der Waals surface area contributed by atoms with Gasteiger partial charge >= 0.3 is 0 Å². The Morgan fingerprint density at radius 2 is 2.15 bits per heavy atom. The van der Waals surface area contributed by atoms with Crippen LogP contribution in [0.15, 0.2) is 24.5 Å². The van der Waals surface area contributed by atoms with Crippen molar-refractivity contribution in [3.05, 3.63) is 41.5 Å². The summed E-state index contributed by atoms with van der Waals surface area (Å²) in [6, 6.07) is 3.70. The van der Waals surface area contributed by atoms with E-state index in [1.54, 1.807) is 16.9 Å². The molecule has 0 saturated heterocycles. The van der Waals surface area contributed by atoms with Gasteiger partial charge in [0.15, 0.2) is 0 Å². The smallest absolute Gasteiger partial charge is 0.257 e. The van der Waals surface area contributed by atoms with Crippen molar-refractivity contribution in [1.82, 2.24) is 14.8 Å². The van der Waals surface area contributed by atoms with Gasteiger partial charge in [-0.3, -0.25) is 14.5 Å². The van der Waals surface area contributed by atoms with Gasteiger partial charge in [-0.05, 0) is 24.5 Å². The Kier molecular flexibility index (Phi) is 4.17. The second kappa shape index (κ2) is 5.86. The third-order valence-electron chi connectivity index (χ3n) is 3.13. The minimum absolute atomic E-state index is 0.157. The maximum atomic E-state index is 12.2. The summed E-state index contributed by atoms with van der Waals surface area (Å²) in [7, 11) is 1.84. The minimum atomic E-state index is -0.157. The molecule has 0 aliphatic carbocycles. The molecule has 2 aromatic heterocycles. The lowest BCUT2D eigenvalue weighted by molar-refractivity contribution is 0.102. The van der Waals surface area contributed by atoms with Gasteiger partial charge in [-0.1, -0.05) is 20.8 Å². The molecule has 0 aromatic carbocycles. The fourth-order valence-corrected chi connectivity index (χ4v) is 1.98. The molecule has 2 aromatic rings. The van der Waals surface area contributed by atoms with Crippen LogP contribution >= 0.6 is 0 Å². The number of pyridine rings is 1. The molecule has 2 heterocycles. The second-order valence-electron chi connectivity index (χ2n) is 5.10. The Morgan fingerprint density at radius 3 is 2.70 bits per heavy atom. The van der Waals surface area contributed by atoms with Gasteiger partial charge in [0.05, 0.1) is 16.9 Å². The van der Waals surface area contributed by atoms with Gasteiger partial charge in [0, 0.05) is 25.1 Å². The van der Waals surface area contributed by atoms with Gasteiger partial charge in [0.1, 0.15) is 0 Å². The Bertz CT molecular complexity index is 599. The van der Waals surface area contributed by atoms with E-state index in [4.69, 9.17) is 0 Å². The van der Waals surface area contributed by atoms with Crippen molar-refractivity contribution in [2.24, 2.45) is 7.05 Å². The lowest BCUT2D eigenvalue weighted by Gasteiger charge is -2.06. The number of nitrogens with one attached hydrogen (secondary N) is 1. The summed E-state index contributed by atoms with van der Waals surface area (Å²) in [6.07, 6.45) is 4.21. The lowest BCUT2D eigenvalue weighted by Crippen LogP contribution is -2.13. The topological polar surface area (TPSA) is 59.8 Å². The van der Waals surface area contributed by atoms with Crippen molar-refractivity contribution in [2.45, 2.75) is 33.1 Å². The van der Waals surface area contributed by atoms with Gasteiger partial charge in [0.25, 0.3) is 5.91 Å². The fourth-order valence-electron chi connectivity index (χ4n) is 1.98. The number of hydrogen-bond acceptors (Lipinski definition) is 3. The molecule has 0 fully saturated rings. The van der Waals surface area contributed by atoms with Gasteiger partial charge in [0.2, 0.25) is 0 Å². The van der Waals surface area contributed by atoms with Crippen molar-refractivity contribution >= 4 is 11.6 Å². The number of anilines is 1. The van der Waals surface area contributed by atoms with Crippen molar-refractivity contribution in [3.63, 3.8) is 0 Å². The highest BCUT2D eigenvalue weighted by Gasteiger charge is 2.12. The molecule has 1 N–H and O–H groups in total. The van der Waals surface area contributed by atoms with E-state index < -0.39 is 0 Å². The van der Waals surface area contributed by atoms with Crippen LogP contribution in [0.2, 0.25) is 0 Å². The summed E-state index contributed by atoms with van der Waals surface area (Å²) in [5.41, 5.74) is 3.18. The number of amides is 1. The molecule has 0 radical (unpaired) electrons. The normalized spacial score (nSPS) is 10.8. The third-order valence-corrected chi connectivity index (χ3v) is 3.13. The zero-order valence-corrected chi connectivity index (χ0v) is 12.3. The molecule has 5 heteroatoms. The first-order valence-corrected chi connectivity index (χ1v) is 6.81. The summed E-state index contributed by atoms with van der Waals surface area (Å²) >= 11 is 0. The van der Waals surface area contributed by atoms with Crippen LogP contribution in [-0.2, 0) is 13.5 Å². The molecule has 0 saturated carbocycles. The molecule has 0 aliphatic heterocycles. The van der Waals surface area contributed by atoms with Gasteiger partial charge in [-0.2, -0.15) is 5.10 Å². The van der Waals surface area contributed by atoms with Crippen LogP contribution < -0.4 is 5.32 Å². The summed E-state index contributed by atoms with van der Waals surface area (Å²) in [5.74, 6) is 0.202. The van der Waals surface area contributed by atoms with E-state index in [0.717, 1.165) is 23.5 Å². The Balaban J connectivity index is 2.15. The molecule has 106 valence electrons. The number of carbonyl (C=O) groups excluding carboxylic acids is 1. The summed E-state index contributed by atoms with van der Waals surface area (Å²) < 4.78 is 1.70. The number of nitrogens with zero attached hydrogens (tertiary/aromatic N) is 3. The maximum absolute atomic E-state index is 12.2. The summed E-state index contributed by atoms with van der Waals surface area (Å²) in [6.45, 7) is 6.16. The molecule has 0 unspecified atom stereocenters. The van der Waals surface area contributed by atoms with Crippen LogP contribution in [0.1, 0.15) is 48.4 Å².